The Balaban J connectivity index is 2.11. The number of rotatable bonds is 5. The van der Waals surface area contributed by atoms with Gasteiger partial charge in [0, 0.05) is 6.07 Å². The van der Waals surface area contributed by atoms with E-state index in [1.165, 1.54) is 12.1 Å². The summed E-state index contributed by atoms with van der Waals surface area (Å²) in [5.41, 5.74) is 0.327. The highest BCUT2D eigenvalue weighted by Gasteiger charge is 2.14. The molecule has 4 nitrogen and oxygen atoms in total. The first-order valence-corrected chi connectivity index (χ1v) is 6.09. The molecule has 0 amide bonds. The fourth-order valence-electron chi connectivity index (χ4n) is 1.73. The van der Waals surface area contributed by atoms with E-state index in [1.54, 1.807) is 0 Å². The molecule has 0 spiro atoms. The van der Waals surface area contributed by atoms with E-state index in [0.717, 1.165) is 12.6 Å². The minimum absolute atomic E-state index is 0.0516. The minimum atomic E-state index is -0.612. The van der Waals surface area contributed by atoms with Gasteiger partial charge in [-0.3, -0.25) is 0 Å². The molecule has 1 unspecified atom stereocenters. The number of aromatic nitrogens is 2. The van der Waals surface area contributed by atoms with Crippen LogP contribution in [0.4, 0.5) is 8.78 Å². The Bertz CT molecular complexity index is 557. The summed E-state index contributed by atoms with van der Waals surface area (Å²) in [5.74, 6) is -0.447. The van der Waals surface area contributed by atoms with Gasteiger partial charge < -0.3 is 9.73 Å². The average molecular weight is 267 g/mol. The summed E-state index contributed by atoms with van der Waals surface area (Å²) >= 11 is 0. The van der Waals surface area contributed by atoms with E-state index in [-0.39, 0.29) is 12.5 Å². The minimum Gasteiger partial charge on any atom is -0.423 e. The number of halogens is 2. The Morgan fingerprint density at radius 3 is 2.79 bits per heavy atom. The Kier molecular flexibility index (Phi) is 4.21. The molecule has 0 saturated carbocycles. The van der Waals surface area contributed by atoms with Gasteiger partial charge in [0.05, 0.1) is 12.5 Å². The fourth-order valence-corrected chi connectivity index (χ4v) is 1.73. The molecule has 1 aromatic heterocycles. The van der Waals surface area contributed by atoms with Gasteiger partial charge in [-0.25, -0.2) is 8.78 Å². The molecule has 0 aliphatic heterocycles. The van der Waals surface area contributed by atoms with E-state index in [4.69, 9.17) is 4.42 Å². The summed E-state index contributed by atoms with van der Waals surface area (Å²) in [7, 11) is 0. The molecule has 0 aliphatic rings. The van der Waals surface area contributed by atoms with Crippen molar-refractivity contribution in [3.63, 3.8) is 0 Å². The van der Waals surface area contributed by atoms with Crippen molar-refractivity contribution in [1.29, 1.82) is 0 Å². The van der Waals surface area contributed by atoms with Crippen LogP contribution in [0.15, 0.2) is 22.6 Å². The van der Waals surface area contributed by atoms with Crippen LogP contribution in [0, 0.1) is 11.6 Å². The van der Waals surface area contributed by atoms with Gasteiger partial charge in [-0.1, -0.05) is 13.0 Å². The van der Waals surface area contributed by atoms with E-state index in [1.807, 2.05) is 13.8 Å². The number of nitrogens with zero attached hydrogens (tertiary/aromatic N) is 2. The standard InChI is InChI=1S/C13H15F2N3O/c1-3-16-8(2)13-18-17-12(19-13)6-9-4-5-10(14)7-11(9)15/h4-5,7-8,16H,3,6H2,1-2H3. The van der Waals surface area contributed by atoms with Crippen LogP contribution in [0.25, 0.3) is 0 Å². The predicted octanol–water partition coefficient (Wildman–Crippen LogP) is 2.61. The van der Waals surface area contributed by atoms with Crippen molar-refractivity contribution in [3.05, 3.63) is 47.2 Å². The van der Waals surface area contributed by atoms with Crippen molar-refractivity contribution >= 4 is 0 Å². The van der Waals surface area contributed by atoms with Crippen LogP contribution in [-0.2, 0) is 6.42 Å². The van der Waals surface area contributed by atoms with Gasteiger partial charge in [-0.15, -0.1) is 10.2 Å². The molecule has 102 valence electrons. The Labute approximate surface area is 109 Å². The Hall–Kier alpha value is -1.82. The van der Waals surface area contributed by atoms with Crippen LogP contribution < -0.4 is 5.32 Å². The predicted molar refractivity (Wildman–Crippen MR) is 65.6 cm³/mol. The molecule has 2 rings (SSSR count). The van der Waals surface area contributed by atoms with Crippen molar-refractivity contribution < 1.29 is 13.2 Å². The second-order valence-corrected chi connectivity index (χ2v) is 4.23. The largest absolute Gasteiger partial charge is 0.423 e. The Morgan fingerprint density at radius 2 is 2.11 bits per heavy atom. The van der Waals surface area contributed by atoms with Gasteiger partial charge >= 0.3 is 0 Å². The first-order chi connectivity index (χ1) is 9.10. The monoisotopic (exact) mass is 267 g/mol. The van der Waals surface area contributed by atoms with E-state index in [9.17, 15) is 8.78 Å². The third kappa shape index (κ3) is 3.35. The molecule has 1 N–H and O–H groups in total. The van der Waals surface area contributed by atoms with Crippen LogP contribution in [0.5, 0.6) is 0 Å². The molecule has 0 radical (unpaired) electrons. The number of hydrogen-bond acceptors (Lipinski definition) is 4. The third-order valence-electron chi connectivity index (χ3n) is 2.72. The zero-order valence-electron chi connectivity index (χ0n) is 10.8. The van der Waals surface area contributed by atoms with Crippen molar-refractivity contribution in [1.82, 2.24) is 15.5 Å². The number of hydrogen-bond donors (Lipinski definition) is 1. The molecule has 19 heavy (non-hydrogen) atoms. The molecule has 0 saturated heterocycles. The van der Waals surface area contributed by atoms with E-state index in [0.29, 0.717) is 17.3 Å². The summed E-state index contributed by atoms with van der Waals surface area (Å²) in [6.45, 7) is 4.66. The van der Waals surface area contributed by atoms with Gasteiger partial charge in [-0.2, -0.15) is 0 Å². The topological polar surface area (TPSA) is 51.0 Å². The highest BCUT2D eigenvalue weighted by molar-refractivity contribution is 5.21. The lowest BCUT2D eigenvalue weighted by Gasteiger charge is -2.05. The quantitative estimate of drug-likeness (QED) is 0.904. The maximum absolute atomic E-state index is 13.5. The summed E-state index contributed by atoms with van der Waals surface area (Å²) in [4.78, 5) is 0. The van der Waals surface area contributed by atoms with E-state index >= 15 is 0 Å². The lowest BCUT2D eigenvalue weighted by atomic mass is 10.1. The van der Waals surface area contributed by atoms with Crippen molar-refractivity contribution in [2.24, 2.45) is 0 Å². The third-order valence-corrected chi connectivity index (χ3v) is 2.72. The van der Waals surface area contributed by atoms with Gasteiger partial charge in [0.2, 0.25) is 11.8 Å². The van der Waals surface area contributed by atoms with Gasteiger partial charge in [0.15, 0.2) is 0 Å². The zero-order valence-corrected chi connectivity index (χ0v) is 10.8. The van der Waals surface area contributed by atoms with Crippen LogP contribution >= 0.6 is 0 Å². The first-order valence-electron chi connectivity index (χ1n) is 6.09. The van der Waals surface area contributed by atoms with Crippen molar-refractivity contribution in [2.45, 2.75) is 26.3 Å². The molecule has 1 heterocycles. The molecule has 0 bridgehead atoms. The molecule has 0 aliphatic carbocycles. The second kappa shape index (κ2) is 5.88. The van der Waals surface area contributed by atoms with E-state index in [2.05, 4.69) is 15.5 Å². The molecule has 1 aromatic carbocycles. The van der Waals surface area contributed by atoms with Crippen molar-refractivity contribution in [2.75, 3.05) is 6.54 Å². The summed E-state index contributed by atoms with van der Waals surface area (Å²) < 4.78 is 31.7. The van der Waals surface area contributed by atoms with Crippen LogP contribution in [-0.4, -0.2) is 16.7 Å². The normalized spacial score (nSPS) is 12.6. The molecular formula is C13H15F2N3O. The summed E-state index contributed by atoms with van der Waals surface area (Å²) in [6, 6.07) is 3.37. The Morgan fingerprint density at radius 1 is 1.32 bits per heavy atom. The van der Waals surface area contributed by atoms with Crippen LogP contribution in [0.3, 0.4) is 0 Å². The average Bonchev–Trinajstić information content (AvgIpc) is 2.82. The van der Waals surface area contributed by atoms with Gasteiger partial charge in [-0.05, 0) is 25.1 Å². The zero-order chi connectivity index (χ0) is 13.8. The molecule has 1 atom stereocenters. The fraction of sp³-hybridized carbons (Fsp3) is 0.385. The van der Waals surface area contributed by atoms with Crippen LogP contribution in [0.1, 0.15) is 37.2 Å². The summed E-state index contributed by atoms with van der Waals surface area (Å²) in [6.07, 6.45) is 0.151. The van der Waals surface area contributed by atoms with Gasteiger partial charge in [0.1, 0.15) is 11.6 Å². The molecule has 6 heteroatoms. The molecular weight excluding hydrogens is 252 g/mol. The molecule has 0 fully saturated rings. The van der Waals surface area contributed by atoms with Crippen molar-refractivity contribution in [3.8, 4) is 0 Å². The maximum Gasteiger partial charge on any atom is 0.233 e. The SMILES string of the molecule is CCNC(C)c1nnc(Cc2ccc(F)cc2F)o1. The lowest BCUT2D eigenvalue weighted by Crippen LogP contribution is -2.17. The first kappa shape index (κ1) is 13.6. The number of nitrogens with one attached hydrogen (secondary N) is 1. The van der Waals surface area contributed by atoms with Gasteiger partial charge in [0.25, 0.3) is 0 Å². The lowest BCUT2D eigenvalue weighted by molar-refractivity contribution is 0.400. The maximum atomic E-state index is 13.5. The molecule has 2 aromatic rings. The second-order valence-electron chi connectivity index (χ2n) is 4.23. The van der Waals surface area contributed by atoms with Crippen LogP contribution in [0.2, 0.25) is 0 Å². The smallest absolute Gasteiger partial charge is 0.233 e. The van der Waals surface area contributed by atoms with E-state index < -0.39 is 11.6 Å². The summed E-state index contributed by atoms with van der Waals surface area (Å²) in [5, 5.41) is 10.9. The highest BCUT2D eigenvalue weighted by Crippen LogP contribution is 2.16. The highest BCUT2D eigenvalue weighted by atomic mass is 19.1. The number of benzene rings is 1.